The molecular weight excluding hydrogens is 374 g/mol. The van der Waals surface area contributed by atoms with Gasteiger partial charge in [-0.1, -0.05) is 18.6 Å². The average Bonchev–Trinajstić information content (AvgIpc) is 2.58. The molecule has 1 fully saturated rings. The standard InChI is InChI=1S/C18H29N3O3S.ClH/c1-18(2,19)14-20-17(22)11-8-15-6-9-16(10-7-15)25(23,24)21-12-4-3-5-13-21;/h6-7,9-10H,3-5,8,11-14,19H2,1-2H3,(H,20,22);1H. The molecule has 1 aromatic rings. The number of hydrogen-bond acceptors (Lipinski definition) is 4. The van der Waals surface area contributed by atoms with E-state index < -0.39 is 15.6 Å². The molecule has 1 saturated heterocycles. The number of carbonyl (C=O) groups is 1. The summed E-state index contributed by atoms with van der Waals surface area (Å²) in [4.78, 5) is 12.2. The van der Waals surface area contributed by atoms with Crippen molar-refractivity contribution in [3.05, 3.63) is 29.8 Å². The number of nitrogens with one attached hydrogen (secondary N) is 1. The zero-order valence-electron chi connectivity index (χ0n) is 15.5. The molecule has 1 amide bonds. The second-order valence-electron chi connectivity index (χ2n) is 7.37. The highest BCUT2D eigenvalue weighted by Gasteiger charge is 2.25. The lowest BCUT2D eigenvalue weighted by atomic mass is 10.1. The SMILES string of the molecule is CC(C)(N)CNC(=O)CCc1ccc(S(=O)(=O)N2CCCCC2)cc1.Cl. The average molecular weight is 404 g/mol. The second kappa shape index (κ2) is 9.69. The molecule has 0 aromatic heterocycles. The van der Waals surface area contributed by atoms with Gasteiger partial charge in [0.1, 0.15) is 0 Å². The van der Waals surface area contributed by atoms with Crippen LogP contribution in [0.1, 0.15) is 45.1 Å². The summed E-state index contributed by atoms with van der Waals surface area (Å²) >= 11 is 0. The maximum atomic E-state index is 12.6. The number of nitrogens with two attached hydrogens (primary N) is 1. The summed E-state index contributed by atoms with van der Waals surface area (Å²) < 4.78 is 26.8. The van der Waals surface area contributed by atoms with E-state index in [1.165, 1.54) is 0 Å². The molecule has 0 spiro atoms. The van der Waals surface area contributed by atoms with Gasteiger partial charge in [0.05, 0.1) is 4.90 Å². The third-order valence-corrected chi connectivity index (χ3v) is 6.17. The molecule has 6 nitrogen and oxygen atoms in total. The summed E-state index contributed by atoms with van der Waals surface area (Å²) in [6.45, 7) is 5.34. The fraction of sp³-hybridized carbons (Fsp3) is 0.611. The van der Waals surface area contributed by atoms with Crippen LogP contribution in [-0.4, -0.2) is 43.8 Å². The molecule has 26 heavy (non-hydrogen) atoms. The number of halogens is 1. The number of hydrogen-bond donors (Lipinski definition) is 2. The number of rotatable bonds is 7. The fourth-order valence-corrected chi connectivity index (χ4v) is 4.27. The van der Waals surface area contributed by atoms with Crippen LogP contribution in [0.5, 0.6) is 0 Å². The van der Waals surface area contributed by atoms with Crippen molar-refractivity contribution in [1.82, 2.24) is 9.62 Å². The number of piperidine rings is 1. The van der Waals surface area contributed by atoms with Gasteiger partial charge in [0, 0.05) is 31.6 Å². The summed E-state index contributed by atoms with van der Waals surface area (Å²) in [6.07, 6.45) is 3.86. The topological polar surface area (TPSA) is 92.5 Å². The van der Waals surface area contributed by atoms with E-state index in [1.54, 1.807) is 28.6 Å². The maximum absolute atomic E-state index is 12.6. The van der Waals surface area contributed by atoms with Crippen LogP contribution < -0.4 is 11.1 Å². The number of sulfonamides is 1. The zero-order valence-corrected chi connectivity index (χ0v) is 17.2. The maximum Gasteiger partial charge on any atom is 0.243 e. The lowest BCUT2D eigenvalue weighted by Crippen LogP contribution is -2.45. The fourth-order valence-electron chi connectivity index (χ4n) is 2.76. The Morgan fingerprint density at radius 3 is 2.27 bits per heavy atom. The van der Waals surface area contributed by atoms with Crippen LogP contribution in [0.25, 0.3) is 0 Å². The molecule has 1 heterocycles. The molecule has 2 rings (SSSR count). The van der Waals surface area contributed by atoms with E-state index in [1.807, 2.05) is 13.8 Å². The van der Waals surface area contributed by atoms with Crippen molar-refractivity contribution in [1.29, 1.82) is 0 Å². The Balaban J connectivity index is 0.00000338. The summed E-state index contributed by atoms with van der Waals surface area (Å²) in [7, 11) is -3.39. The Kier molecular flexibility index (Phi) is 8.53. The summed E-state index contributed by atoms with van der Waals surface area (Å²) in [5.41, 5.74) is 6.35. The first-order valence-electron chi connectivity index (χ1n) is 8.83. The molecule has 8 heteroatoms. The molecule has 0 radical (unpaired) electrons. The van der Waals surface area contributed by atoms with Gasteiger partial charge in [0.15, 0.2) is 0 Å². The van der Waals surface area contributed by atoms with Crippen molar-refractivity contribution in [2.24, 2.45) is 5.73 Å². The van der Waals surface area contributed by atoms with Crippen LogP contribution in [-0.2, 0) is 21.2 Å². The van der Waals surface area contributed by atoms with Crippen LogP contribution in [0.3, 0.4) is 0 Å². The summed E-state index contributed by atoms with van der Waals surface area (Å²) in [5, 5.41) is 2.81. The molecule has 1 aromatic carbocycles. The third-order valence-electron chi connectivity index (χ3n) is 4.26. The molecule has 148 valence electrons. The Hall–Kier alpha value is -1.15. The van der Waals surface area contributed by atoms with Crippen LogP contribution in [0.15, 0.2) is 29.2 Å². The van der Waals surface area contributed by atoms with Gasteiger partial charge >= 0.3 is 0 Å². The zero-order chi connectivity index (χ0) is 18.5. The minimum atomic E-state index is -3.39. The van der Waals surface area contributed by atoms with E-state index in [-0.39, 0.29) is 18.3 Å². The lowest BCUT2D eigenvalue weighted by molar-refractivity contribution is -0.121. The quantitative estimate of drug-likeness (QED) is 0.728. The van der Waals surface area contributed by atoms with Crippen molar-refractivity contribution in [3.8, 4) is 0 Å². The monoisotopic (exact) mass is 403 g/mol. The van der Waals surface area contributed by atoms with Gasteiger partial charge in [-0.25, -0.2) is 8.42 Å². The van der Waals surface area contributed by atoms with Gasteiger partial charge in [0.25, 0.3) is 0 Å². The summed E-state index contributed by atoms with van der Waals surface area (Å²) in [6, 6.07) is 6.86. The highest BCUT2D eigenvalue weighted by molar-refractivity contribution is 7.89. The molecule has 1 aliphatic rings. The molecule has 1 aliphatic heterocycles. The van der Waals surface area contributed by atoms with E-state index in [0.717, 1.165) is 24.8 Å². The molecule has 0 unspecified atom stereocenters. The number of benzene rings is 1. The second-order valence-corrected chi connectivity index (χ2v) is 9.31. The smallest absolute Gasteiger partial charge is 0.243 e. The molecule has 0 aliphatic carbocycles. The van der Waals surface area contributed by atoms with Gasteiger partial charge in [-0.05, 0) is 50.8 Å². The van der Waals surface area contributed by atoms with Gasteiger partial charge in [-0.2, -0.15) is 4.31 Å². The molecule has 0 atom stereocenters. The third kappa shape index (κ3) is 6.87. The molecule has 3 N–H and O–H groups in total. The van der Waals surface area contributed by atoms with E-state index >= 15 is 0 Å². The van der Waals surface area contributed by atoms with Gasteiger partial charge < -0.3 is 11.1 Å². The van der Waals surface area contributed by atoms with Crippen LogP contribution in [0.4, 0.5) is 0 Å². The van der Waals surface area contributed by atoms with Crippen LogP contribution >= 0.6 is 12.4 Å². The minimum absolute atomic E-state index is 0. The first-order valence-corrected chi connectivity index (χ1v) is 10.3. The van der Waals surface area contributed by atoms with Crippen molar-refractivity contribution in [2.45, 2.75) is 56.4 Å². The van der Waals surface area contributed by atoms with Crippen molar-refractivity contribution in [2.75, 3.05) is 19.6 Å². The van der Waals surface area contributed by atoms with E-state index in [2.05, 4.69) is 5.32 Å². The number of carbonyl (C=O) groups excluding carboxylic acids is 1. The van der Waals surface area contributed by atoms with Crippen LogP contribution in [0.2, 0.25) is 0 Å². The van der Waals surface area contributed by atoms with Gasteiger partial charge in [-0.15, -0.1) is 12.4 Å². The number of aryl methyl sites for hydroxylation is 1. The first-order chi connectivity index (χ1) is 11.7. The first kappa shape index (κ1) is 22.9. The predicted octanol–water partition coefficient (Wildman–Crippen LogP) is 2.07. The largest absolute Gasteiger partial charge is 0.354 e. The highest BCUT2D eigenvalue weighted by atomic mass is 35.5. The van der Waals surface area contributed by atoms with Gasteiger partial charge in [-0.3, -0.25) is 4.79 Å². The van der Waals surface area contributed by atoms with Gasteiger partial charge in [0.2, 0.25) is 15.9 Å². The predicted molar refractivity (Wildman–Crippen MR) is 106 cm³/mol. The van der Waals surface area contributed by atoms with E-state index in [4.69, 9.17) is 5.73 Å². The van der Waals surface area contributed by atoms with Crippen LogP contribution in [0, 0.1) is 0 Å². The Bertz CT molecular complexity index is 679. The van der Waals surface area contributed by atoms with E-state index in [9.17, 15) is 13.2 Å². The Morgan fingerprint density at radius 2 is 1.73 bits per heavy atom. The van der Waals surface area contributed by atoms with Crippen molar-refractivity contribution in [3.63, 3.8) is 0 Å². The van der Waals surface area contributed by atoms with Crippen molar-refractivity contribution >= 4 is 28.3 Å². The Labute approximate surface area is 163 Å². The lowest BCUT2D eigenvalue weighted by Gasteiger charge is -2.25. The van der Waals surface area contributed by atoms with E-state index in [0.29, 0.717) is 37.4 Å². The van der Waals surface area contributed by atoms with Crippen molar-refractivity contribution < 1.29 is 13.2 Å². The summed E-state index contributed by atoms with van der Waals surface area (Å²) in [5.74, 6) is -0.0523. The Morgan fingerprint density at radius 1 is 1.15 bits per heavy atom. The molecule has 0 bridgehead atoms. The normalized spacial score (nSPS) is 16.0. The number of amides is 1. The molecular formula is C18H30ClN3O3S. The number of nitrogens with zero attached hydrogens (tertiary/aromatic N) is 1. The minimum Gasteiger partial charge on any atom is -0.354 e. The molecule has 0 saturated carbocycles. The highest BCUT2D eigenvalue weighted by Crippen LogP contribution is 2.21.